The zero-order valence-corrected chi connectivity index (χ0v) is 5.35. The predicted molar refractivity (Wildman–Crippen MR) is 25.9 cm³/mol. The minimum absolute atomic E-state index is 0.0769. The molecule has 0 aliphatic rings. The van der Waals surface area contributed by atoms with Crippen LogP contribution in [-0.2, 0) is 0 Å². The molecule has 0 aromatic carbocycles. The number of hydrogen-bond acceptors (Lipinski definition) is 0. The topological polar surface area (TPSA) is 0 Å². The minimum Gasteiger partial charge on any atom is -0.205 e. The van der Waals surface area contributed by atoms with E-state index in [4.69, 9.17) is 0 Å². The third-order valence-corrected chi connectivity index (χ3v) is 0.909. The van der Waals surface area contributed by atoms with Gasteiger partial charge in [0.1, 0.15) is 0 Å². The average Bonchev–Trinajstić information content (AvgIpc) is 1.83. The summed E-state index contributed by atoms with van der Waals surface area (Å²) in [6.07, 6.45) is -5.78. The second-order valence-electron chi connectivity index (χ2n) is 1.71. The van der Waals surface area contributed by atoms with Gasteiger partial charge in [0.25, 0.3) is 0 Å². The van der Waals surface area contributed by atoms with Gasteiger partial charge < -0.3 is 0 Å². The summed E-state index contributed by atoms with van der Waals surface area (Å²) in [5.74, 6) is -7.84. The van der Waals surface area contributed by atoms with Crippen molar-refractivity contribution < 1.29 is 26.3 Å². The van der Waals surface area contributed by atoms with Crippen LogP contribution in [0.5, 0.6) is 0 Å². The summed E-state index contributed by atoms with van der Waals surface area (Å²) < 4.78 is 69.0. The molecule has 0 heterocycles. The maximum absolute atomic E-state index is 11.8. The molecule has 0 aromatic heterocycles. The van der Waals surface area contributed by atoms with Crippen LogP contribution in [0.1, 0.15) is 6.92 Å². The third-order valence-electron chi connectivity index (χ3n) is 0.909. The van der Waals surface area contributed by atoms with Gasteiger partial charge in [0.15, 0.2) is 5.83 Å². The average molecular weight is 178 g/mol. The predicted octanol–water partition coefficient (Wildman–Crippen LogP) is 3.06. The second-order valence-corrected chi connectivity index (χ2v) is 1.71. The Kier molecular flexibility index (Phi) is 2.58. The van der Waals surface area contributed by atoms with E-state index in [0.29, 0.717) is 0 Å². The monoisotopic (exact) mass is 178 g/mol. The molecule has 0 fully saturated rings. The molecule has 0 N–H and O–H groups in total. The number of alkyl halides is 5. The summed E-state index contributed by atoms with van der Waals surface area (Å²) in [5, 5.41) is 0. The minimum atomic E-state index is -5.86. The van der Waals surface area contributed by atoms with Crippen molar-refractivity contribution in [2.45, 2.75) is 19.0 Å². The highest BCUT2D eigenvalue weighted by Crippen LogP contribution is 2.41. The lowest BCUT2D eigenvalue weighted by Crippen LogP contribution is -2.36. The number of halogens is 6. The van der Waals surface area contributed by atoms with E-state index >= 15 is 0 Å². The van der Waals surface area contributed by atoms with Crippen molar-refractivity contribution in [3.63, 3.8) is 0 Å². The van der Waals surface area contributed by atoms with E-state index in [2.05, 4.69) is 0 Å². The van der Waals surface area contributed by atoms with Crippen LogP contribution in [0.3, 0.4) is 0 Å². The fourth-order valence-electron chi connectivity index (χ4n) is 0.317. The van der Waals surface area contributed by atoms with E-state index in [1.165, 1.54) is 0 Å². The lowest BCUT2D eigenvalue weighted by Gasteiger charge is -2.16. The van der Waals surface area contributed by atoms with Crippen LogP contribution in [0.2, 0.25) is 0 Å². The van der Waals surface area contributed by atoms with E-state index in [9.17, 15) is 26.3 Å². The largest absolute Gasteiger partial charge is 0.460 e. The summed E-state index contributed by atoms with van der Waals surface area (Å²) in [7, 11) is 0. The van der Waals surface area contributed by atoms with Crippen LogP contribution >= 0.6 is 0 Å². The standard InChI is InChI=1S/C5H4F6/c1-2-3(6)4(7,8)5(9,10)11/h2H,1H3/b3-2+. The molecule has 0 bridgehead atoms. The van der Waals surface area contributed by atoms with Crippen molar-refractivity contribution in [2.24, 2.45) is 0 Å². The molecule has 11 heavy (non-hydrogen) atoms. The third kappa shape index (κ3) is 1.87. The molecule has 0 rings (SSSR count). The molecule has 6 heteroatoms. The van der Waals surface area contributed by atoms with Crippen LogP contribution in [0.25, 0.3) is 0 Å². The van der Waals surface area contributed by atoms with Crippen molar-refractivity contribution in [1.29, 1.82) is 0 Å². The molecule has 0 spiro atoms. The van der Waals surface area contributed by atoms with Gasteiger partial charge in [-0.25, -0.2) is 4.39 Å². The van der Waals surface area contributed by atoms with Gasteiger partial charge in [-0.15, -0.1) is 0 Å². The van der Waals surface area contributed by atoms with Crippen molar-refractivity contribution >= 4 is 0 Å². The fourth-order valence-corrected chi connectivity index (χ4v) is 0.317. The first kappa shape index (κ1) is 10.3. The summed E-state index contributed by atoms with van der Waals surface area (Å²) >= 11 is 0. The number of hydrogen-bond donors (Lipinski definition) is 0. The van der Waals surface area contributed by atoms with Crippen molar-refractivity contribution in [1.82, 2.24) is 0 Å². The molecule has 0 atom stereocenters. The Morgan fingerprint density at radius 1 is 1.09 bits per heavy atom. The van der Waals surface area contributed by atoms with Crippen LogP contribution in [0, 0.1) is 0 Å². The molecule has 0 saturated carbocycles. The maximum atomic E-state index is 11.8. The molecule has 0 aliphatic carbocycles. The SMILES string of the molecule is C/C=C(/F)C(F)(F)C(F)(F)F. The lowest BCUT2D eigenvalue weighted by atomic mass is 10.3. The summed E-state index contributed by atoms with van der Waals surface area (Å²) in [6, 6.07) is 0. The highest BCUT2D eigenvalue weighted by Gasteiger charge is 2.60. The summed E-state index contributed by atoms with van der Waals surface area (Å²) in [5.41, 5.74) is 0. The highest BCUT2D eigenvalue weighted by molar-refractivity contribution is 5.06. The zero-order chi connectivity index (χ0) is 9.28. The van der Waals surface area contributed by atoms with Crippen molar-refractivity contribution in [3.05, 3.63) is 11.9 Å². The van der Waals surface area contributed by atoms with E-state index in [0.717, 1.165) is 6.92 Å². The van der Waals surface area contributed by atoms with Gasteiger partial charge in [0, 0.05) is 0 Å². The Morgan fingerprint density at radius 2 is 1.45 bits per heavy atom. The number of allylic oxidation sites excluding steroid dienone is 2. The van der Waals surface area contributed by atoms with E-state index in [-0.39, 0.29) is 6.08 Å². The van der Waals surface area contributed by atoms with Gasteiger partial charge in [0.2, 0.25) is 0 Å². The molecule has 0 saturated heterocycles. The molecule has 0 nitrogen and oxygen atoms in total. The molecule has 0 aromatic rings. The molecular weight excluding hydrogens is 174 g/mol. The Bertz CT molecular complexity index is 164. The normalized spacial score (nSPS) is 15.4. The summed E-state index contributed by atoms with van der Waals surface area (Å²) in [6.45, 7) is 0.759. The first-order valence-corrected chi connectivity index (χ1v) is 2.50. The van der Waals surface area contributed by atoms with Crippen molar-refractivity contribution in [2.75, 3.05) is 0 Å². The van der Waals surface area contributed by atoms with E-state index < -0.39 is 17.9 Å². The molecule has 0 radical (unpaired) electrons. The van der Waals surface area contributed by atoms with Gasteiger partial charge in [0.05, 0.1) is 0 Å². The maximum Gasteiger partial charge on any atom is 0.460 e. The number of rotatable bonds is 1. The van der Waals surface area contributed by atoms with E-state index in [1.54, 1.807) is 0 Å². The Balaban J connectivity index is 4.74. The quantitative estimate of drug-likeness (QED) is 0.541. The van der Waals surface area contributed by atoms with Crippen LogP contribution in [0.15, 0.2) is 11.9 Å². The van der Waals surface area contributed by atoms with Gasteiger partial charge in [-0.1, -0.05) is 0 Å². The first-order chi connectivity index (χ1) is 4.73. The van der Waals surface area contributed by atoms with Gasteiger partial charge in [-0.2, -0.15) is 22.0 Å². The lowest BCUT2D eigenvalue weighted by molar-refractivity contribution is -0.270. The molecule has 0 aliphatic heterocycles. The van der Waals surface area contributed by atoms with Crippen molar-refractivity contribution in [3.8, 4) is 0 Å². The molecule has 66 valence electrons. The summed E-state index contributed by atoms with van der Waals surface area (Å²) in [4.78, 5) is 0. The fraction of sp³-hybridized carbons (Fsp3) is 0.600. The van der Waals surface area contributed by atoms with E-state index in [1.807, 2.05) is 0 Å². The van der Waals surface area contributed by atoms with Gasteiger partial charge in [-0.3, -0.25) is 0 Å². The smallest absolute Gasteiger partial charge is 0.205 e. The zero-order valence-electron chi connectivity index (χ0n) is 5.35. The first-order valence-electron chi connectivity index (χ1n) is 2.50. The highest BCUT2D eigenvalue weighted by atomic mass is 19.4. The molecular formula is C5H4F6. The Labute approximate surface area is 58.5 Å². The Morgan fingerprint density at radius 3 is 1.55 bits per heavy atom. The van der Waals surface area contributed by atoms with Gasteiger partial charge >= 0.3 is 12.1 Å². The Hall–Kier alpha value is -0.680. The van der Waals surface area contributed by atoms with Crippen LogP contribution < -0.4 is 0 Å². The van der Waals surface area contributed by atoms with Gasteiger partial charge in [-0.05, 0) is 13.0 Å². The van der Waals surface area contributed by atoms with Crippen LogP contribution in [0.4, 0.5) is 26.3 Å². The second kappa shape index (κ2) is 2.75. The molecule has 0 unspecified atom stereocenters. The molecule has 0 amide bonds. The van der Waals surface area contributed by atoms with Crippen LogP contribution in [-0.4, -0.2) is 12.1 Å².